The number of benzene rings is 3. The summed E-state index contributed by atoms with van der Waals surface area (Å²) < 4.78 is 35.2. The van der Waals surface area contributed by atoms with Crippen molar-refractivity contribution in [2.45, 2.75) is 17.7 Å². The number of hydrazone groups is 1. The standard InChI is InChI=1S/C25H23ClN4O3S/c1-17(27)25(29-34(31,32)22-14-12-21(33-2)13-15-22)30-16-23(18-6-4-3-5-7-18)24(28-30)19-8-10-20(26)11-9-19/h3-15,23,27H,16H2,1-2H3/b27-17?,29-25+. The molecule has 1 heterocycles. The van der Waals surface area contributed by atoms with E-state index in [0.717, 1.165) is 16.8 Å². The van der Waals surface area contributed by atoms with Crippen LogP contribution in [0.25, 0.3) is 0 Å². The Morgan fingerprint density at radius 2 is 1.71 bits per heavy atom. The first-order valence-electron chi connectivity index (χ1n) is 10.5. The zero-order chi connectivity index (χ0) is 24.3. The zero-order valence-corrected chi connectivity index (χ0v) is 20.2. The third-order valence-corrected chi connectivity index (χ3v) is 6.93. The SMILES string of the molecule is COc1ccc(S(=O)(=O)/N=C(\C(C)=N)N2CC(c3ccccc3)C(c3ccc(Cl)cc3)=N2)cc1. The highest BCUT2D eigenvalue weighted by atomic mass is 35.5. The summed E-state index contributed by atoms with van der Waals surface area (Å²) in [5, 5.41) is 15.1. The van der Waals surface area contributed by atoms with E-state index >= 15 is 0 Å². The summed E-state index contributed by atoms with van der Waals surface area (Å²) in [6.07, 6.45) is 0. The van der Waals surface area contributed by atoms with Crippen LogP contribution in [0.3, 0.4) is 0 Å². The highest BCUT2D eigenvalue weighted by molar-refractivity contribution is 7.90. The monoisotopic (exact) mass is 494 g/mol. The molecule has 0 saturated heterocycles. The van der Waals surface area contributed by atoms with Crippen molar-refractivity contribution >= 4 is 38.9 Å². The number of methoxy groups -OCH3 is 1. The molecule has 4 rings (SSSR count). The molecular formula is C25H23ClN4O3S. The summed E-state index contributed by atoms with van der Waals surface area (Å²) in [6.45, 7) is 1.84. The number of nitrogens with one attached hydrogen (secondary N) is 1. The van der Waals surface area contributed by atoms with Crippen LogP contribution >= 0.6 is 11.6 Å². The second-order valence-corrected chi connectivity index (χ2v) is 9.77. The molecule has 3 aromatic carbocycles. The van der Waals surface area contributed by atoms with Crippen molar-refractivity contribution in [2.24, 2.45) is 9.50 Å². The fourth-order valence-electron chi connectivity index (χ4n) is 3.69. The van der Waals surface area contributed by atoms with Crippen LogP contribution in [0.5, 0.6) is 5.75 Å². The van der Waals surface area contributed by atoms with Crippen LogP contribution in [0.4, 0.5) is 0 Å². The summed E-state index contributed by atoms with van der Waals surface area (Å²) in [4.78, 5) is 0.00719. The number of amidine groups is 1. The van der Waals surface area contributed by atoms with Gasteiger partial charge in [0.15, 0.2) is 5.84 Å². The molecule has 0 aliphatic carbocycles. The Kier molecular flexibility index (Phi) is 6.81. The molecule has 1 aliphatic heterocycles. The number of hydrogen-bond acceptors (Lipinski definition) is 5. The average Bonchev–Trinajstić information content (AvgIpc) is 3.28. The molecule has 1 aliphatic rings. The van der Waals surface area contributed by atoms with Gasteiger partial charge in [0.05, 0.1) is 30.0 Å². The highest BCUT2D eigenvalue weighted by Crippen LogP contribution is 2.30. The maximum Gasteiger partial charge on any atom is 0.284 e. The van der Waals surface area contributed by atoms with Crippen molar-refractivity contribution < 1.29 is 13.2 Å². The second kappa shape index (κ2) is 9.79. The predicted molar refractivity (Wildman–Crippen MR) is 135 cm³/mol. The molecule has 0 bridgehead atoms. The van der Waals surface area contributed by atoms with Crippen molar-refractivity contribution in [2.75, 3.05) is 13.7 Å². The minimum Gasteiger partial charge on any atom is -0.497 e. The van der Waals surface area contributed by atoms with E-state index in [1.54, 1.807) is 24.3 Å². The lowest BCUT2D eigenvalue weighted by Gasteiger charge is -2.18. The van der Waals surface area contributed by atoms with Gasteiger partial charge in [-0.3, -0.25) is 0 Å². The molecule has 0 radical (unpaired) electrons. The molecular weight excluding hydrogens is 472 g/mol. The van der Waals surface area contributed by atoms with Crippen LogP contribution in [-0.2, 0) is 10.0 Å². The lowest BCUT2D eigenvalue weighted by atomic mass is 9.90. The fourth-order valence-corrected chi connectivity index (χ4v) is 4.86. The Hall–Kier alpha value is -3.49. The molecule has 3 aromatic rings. The highest BCUT2D eigenvalue weighted by Gasteiger charge is 2.33. The number of ether oxygens (including phenoxy) is 1. The number of nitrogens with zero attached hydrogens (tertiary/aromatic N) is 3. The first-order chi connectivity index (χ1) is 16.3. The van der Waals surface area contributed by atoms with E-state index < -0.39 is 10.0 Å². The van der Waals surface area contributed by atoms with Crippen LogP contribution in [0.1, 0.15) is 24.0 Å². The molecule has 0 aromatic heterocycles. The smallest absolute Gasteiger partial charge is 0.284 e. The van der Waals surface area contributed by atoms with Crippen LogP contribution in [0, 0.1) is 5.41 Å². The molecule has 7 nitrogen and oxygen atoms in total. The van der Waals surface area contributed by atoms with Gasteiger partial charge in [0.2, 0.25) is 0 Å². The van der Waals surface area contributed by atoms with Crippen molar-refractivity contribution in [1.29, 1.82) is 5.41 Å². The summed E-state index contributed by atoms with van der Waals surface area (Å²) >= 11 is 6.07. The van der Waals surface area contributed by atoms with Gasteiger partial charge in [-0.15, -0.1) is 4.40 Å². The maximum atomic E-state index is 13.0. The molecule has 34 heavy (non-hydrogen) atoms. The molecule has 0 amide bonds. The average molecular weight is 495 g/mol. The third-order valence-electron chi connectivity index (χ3n) is 5.40. The summed E-state index contributed by atoms with van der Waals surface area (Å²) in [7, 11) is -2.57. The molecule has 1 atom stereocenters. The van der Waals surface area contributed by atoms with E-state index in [1.165, 1.54) is 31.2 Å². The Balaban J connectivity index is 1.76. The Bertz CT molecular complexity index is 1350. The molecule has 0 fully saturated rings. The van der Waals surface area contributed by atoms with Crippen molar-refractivity contribution in [1.82, 2.24) is 5.01 Å². The number of sulfonamides is 1. The first kappa shape index (κ1) is 23.7. The normalized spacial score (nSPS) is 16.3. The fraction of sp³-hybridized carbons (Fsp3) is 0.160. The van der Waals surface area contributed by atoms with E-state index in [1.807, 2.05) is 42.5 Å². The van der Waals surface area contributed by atoms with Gasteiger partial charge in [0, 0.05) is 10.9 Å². The van der Waals surface area contributed by atoms with Gasteiger partial charge >= 0.3 is 0 Å². The van der Waals surface area contributed by atoms with E-state index in [-0.39, 0.29) is 22.4 Å². The topological polar surface area (TPSA) is 95.2 Å². The Morgan fingerprint density at radius 1 is 1.06 bits per heavy atom. The minimum atomic E-state index is -4.07. The third kappa shape index (κ3) is 5.03. The van der Waals surface area contributed by atoms with Crippen LogP contribution in [0.2, 0.25) is 5.02 Å². The number of halogens is 1. The second-order valence-electron chi connectivity index (χ2n) is 7.73. The Morgan fingerprint density at radius 3 is 2.29 bits per heavy atom. The van der Waals surface area contributed by atoms with Crippen molar-refractivity contribution in [3.8, 4) is 5.75 Å². The van der Waals surface area contributed by atoms with Gasteiger partial charge in [-0.1, -0.05) is 54.1 Å². The molecule has 174 valence electrons. The maximum absolute atomic E-state index is 13.0. The van der Waals surface area contributed by atoms with Crippen LogP contribution in [-0.4, -0.2) is 44.3 Å². The van der Waals surface area contributed by atoms with E-state index in [9.17, 15) is 8.42 Å². The molecule has 0 saturated carbocycles. The largest absolute Gasteiger partial charge is 0.497 e. The predicted octanol–water partition coefficient (Wildman–Crippen LogP) is 4.98. The van der Waals surface area contributed by atoms with Gasteiger partial charge < -0.3 is 10.1 Å². The number of rotatable bonds is 6. The molecule has 1 unspecified atom stereocenters. The summed E-state index contributed by atoms with van der Waals surface area (Å²) in [6, 6.07) is 23.1. The van der Waals surface area contributed by atoms with Gasteiger partial charge in [-0.2, -0.15) is 13.5 Å². The number of hydrogen-bond donors (Lipinski definition) is 1. The lowest BCUT2D eigenvalue weighted by Crippen LogP contribution is -2.31. The van der Waals surface area contributed by atoms with Crippen LogP contribution in [0.15, 0.2) is 93.3 Å². The minimum absolute atomic E-state index is 0.00719. The quantitative estimate of drug-likeness (QED) is 0.386. The molecule has 1 N–H and O–H groups in total. The first-order valence-corrected chi connectivity index (χ1v) is 12.3. The van der Waals surface area contributed by atoms with E-state index in [0.29, 0.717) is 17.3 Å². The molecule has 9 heteroatoms. The van der Waals surface area contributed by atoms with E-state index in [4.69, 9.17) is 26.8 Å². The molecule has 0 spiro atoms. The van der Waals surface area contributed by atoms with Gasteiger partial charge in [0.1, 0.15) is 5.75 Å². The summed E-state index contributed by atoms with van der Waals surface area (Å²) in [5.74, 6) is 0.366. The van der Waals surface area contributed by atoms with Gasteiger partial charge in [0.25, 0.3) is 10.0 Å². The van der Waals surface area contributed by atoms with E-state index in [2.05, 4.69) is 4.40 Å². The van der Waals surface area contributed by atoms with Crippen molar-refractivity contribution in [3.05, 3.63) is 95.0 Å². The Labute approximate surface area is 203 Å². The van der Waals surface area contributed by atoms with Gasteiger partial charge in [-0.05, 0) is 54.4 Å². The summed E-state index contributed by atoms with van der Waals surface area (Å²) in [5.41, 5.74) is 2.63. The van der Waals surface area contributed by atoms with Crippen LogP contribution < -0.4 is 4.74 Å². The lowest BCUT2D eigenvalue weighted by molar-refractivity contribution is 0.414. The zero-order valence-electron chi connectivity index (χ0n) is 18.6. The van der Waals surface area contributed by atoms with Crippen molar-refractivity contribution in [3.63, 3.8) is 0 Å². The van der Waals surface area contributed by atoms with Gasteiger partial charge in [-0.25, -0.2) is 5.01 Å².